The fourth-order valence-corrected chi connectivity index (χ4v) is 1.93. The fraction of sp³-hybridized carbons (Fsp3) is 1.00. The van der Waals surface area contributed by atoms with Crippen molar-refractivity contribution in [3.8, 4) is 0 Å². The monoisotopic (exact) mass is 201 g/mol. The van der Waals surface area contributed by atoms with Crippen LogP contribution in [0.15, 0.2) is 5.11 Å². The lowest BCUT2D eigenvalue weighted by molar-refractivity contribution is -0.241. The Hall–Kier alpha value is -0.850. The molecular formula is C7H11N3O4. The molecule has 0 spiro atoms. The third-order valence-electron chi connectivity index (χ3n) is 2.67. The van der Waals surface area contributed by atoms with Crippen LogP contribution < -0.4 is 0 Å². The molecule has 4 unspecified atom stereocenters. The Morgan fingerprint density at radius 1 is 1.79 bits per heavy atom. The summed E-state index contributed by atoms with van der Waals surface area (Å²) in [5.74, 6) is 0. The number of hydrogen-bond donors (Lipinski definition) is 1. The molecule has 7 heteroatoms. The highest BCUT2D eigenvalue weighted by Gasteiger charge is 2.61. The molecule has 2 bridgehead atoms. The van der Waals surface area contributed by atoms with Crippen LogP contribution in [0.4, 0.5) is 0 Å². The highest BCUT2D eigenvalue weighted by atomic mass is 16.7. The Morgan fingerprint density at radius 3 is 3.14 bits per heavy atom. The lowest BCUT2D eigenvalue weighted by atomic mass is 9.98. The van der Waals surface area contributed by atoms with Crippen molar-refractivity contribution in [3.63, 3.8) is 0 Å². The van der Waals surface area contributed by atoms with Crippen molar-refractivity contribution < 1.29 is 19.3 Å². The Labute approximate surface area is 80.2 Å². The molecule has 0 aromatic carbocycles. The summed E-state index contributed by atoms with van der Waals surface area (Å²) >= 11 is 0. The van der Waals surface area contributed by atoms with E-state index in [1.165, 1.54) is 7.11 Å². The van der Waals surface area contributed by atoms with Gasteiger partial charge < -0.3 is 19.3 Å². The molecular weight excluding hydrogens is 190 g/mol. The predicted molar refractivity (Wildman–Crippen MR) is 44.4 cm³/mol. The molecule has 0 aromatic heterocycles. The standard InChI is InChI=1S/C7H11N3O4/c1-12-6-4-5(9-10-8)7(2-11,14-6)3-13-4/h4-6,11H,2-3H2,1H3. The van der Waals surface area contributed by atoms with Crippen LogP contribution >= 0.6 is 0 Å². The van der Waals surface area contributed by atoms with Gasteiger partial charge in [0.25, 0.3) is 0 Å². The first-order valence-corrected chi connectivity index (χ1v) is 4.25. The van der Waals surface area contributed by atoms with E-state index in [1.54, 1.807) is 0 Å². The second kappa shape index (κ2) is 3.38. The average Bonchev–Trinajstić information content (AvgIpc) is 2.72. The van der Waals surface area contributed by atoms with E-state index in [0.717, 1.165) is 0 Å². The van der Waals surface area contributed by atoms with Crippen LogP contribution in [0.1, 0.15) is 0 Å². The minimum absolute atomic E-state index is 0.234. The second-order valence-electron chi connectivity index (χ2n) is 3.37. The number of fused-ring (bicyclic) bond motifs is 2. The van der Waals surface area contributed by atoms with E-state index in [9.17, 15) is 5.11 Å². The second-order valence-corrected chi connectivity index (χ2v) is 3.37. The molecule has 0 radical (unpaired) electrons. The molecule has 0 saturated carbocycles. The van der Waals surface area contributed by atoms with Crippen molar-refractivity contribution in [1.82, 2.24) is 0 Å². The zero-order valence-corrected chi connectivity index (χ0v) is 7.66. The number of hydrogen-bond acceptors (Lipinski definition) is 5. The van der Waals surface area contributed by atoms with E-state index in [0.29, 0.717) is 0 Å². The van der Waals surface area contributed by atoms with Gasteiger partial charge in [-0.3, -0.25) is 0 Å². The van der Waals surface area contributed by atoms with Crippen LogP contribution in [-0.2, 0) is 14.2 Å². The Kier molecular flexibility index (Phi) is 2.34. The van der Waals surface area contributed by atoms with E-state index in [-0.39, 0.29) is 13.2 Å². The van der Waals surface area contributed by atoms with Crippen molar-refractivity contribution in [2.24, 2.45) is 5.11 Å². The van der Waals surface area contributed by atoms with Crippen molar-refractivity contribution in [1.29, 1.82) is 0 Å². The number of methoxy groups -OCH3 is 1. The summed E-state index contributed by atoms with van der Waals surface area (Å²) in [5, 5.41) is 12.8. The van der Waals surface area contributed by atoms with E-state index in [4.69, 9.17) is 19.7 Å². The maximum atomic E-state index is 9.21. The van der Waals surface area contributed by atoms with Crippen LogP contribution in [0.25, 0.3) is 10.4 Å². The molecule has 4 atom stereocenters. The van der Waals surface area contributed by atoms with E-state index in [2.05, 4.69) is 10.0 Å². The largest absolute Gasteiger partial charge is 0.393 e. The maximum Gasteiger partial charge on any atom is 0.184 e. The molecule has 1 N–H and O–H groups in total. The molecule has 2 fully saturated rings. The number of aliphatic hydroxyl groups excluding tert-OH is 1. The average molecular weight is 201 g/mol. The fourth-order valence-electron chi connectivity index (χ4n) is 1.93. The topological polar surface area (TPSA) is 96.7 Å². The number of azide groups is 1. The summed E-state index contributed by atoms with van der Waals surface area (Å²) < 4.78 is 15.8. The zero-order valence-electron chi connectivity index (χ0n) is 7.66. The Bertz CT molecular complexity index is 280. The van der Waals surface area contributed by atoms with Crippen LogP contribution in [-0.4, -0.2) is 49.5 Å². The third kappa shape index (κ3) is 1.11. The van der Waals surface area contributed by atoms with Gasteiger partial charge in [-0.05, 0) is 5.53 Å². The molecule has 2 heterocycles. The summed E-state index contributed by atoms with van der Waals surface area (Å²) in [7, 11) is 1.48. The number of aliphatic hydroxyl groups is 1. The van der Waals surface area contributed by atoms with Crippen molar-refractivity contribution in [3.05, 3.63) is 10.4 Å². The van der Waals surface area contributed by atoms with Crippen molar-refractivity contribution >= 4 is 0 Å². The summed E-state index contributed by atoms with van der Waals surface area (Å²) in [6.45, 7) is -0.00917. The molecule has 0 amide bonds. The molecule has 2 saturated heterocycles. The van der Waals surface area contributed by atoms with Gasteiger partial charge in [-0.1, -0.05) is 5.11 Å². The molecule has 14 heavy (non-hydrogen) atoms. The first-order chi connectivity index (χ1) is 6.77. The molecule has 7 nitrogen and oxygen atoms in total. The predicted octanol–water partition coefficient (Wildman–Crippen LogP) is -0.202. The maximum absolute atomic E-state index is 9.21. The number of ether oxygens (including phenoxy) is 3. The zero-order chi connectivity index (χ0) is 10.2. The summed E-state index contributed by atoms with van der Waals surface area (Å²) in [6.07, 6.45) is -0.977. The van der Waals surface area contributed by atoms with Crippen LogP contribution in [0.5, 0.6) is 0 Å². The summed E-state index contributed by atoms with van der Waals surface area (Å²) in [6, 6.07) is -0.512. The van der Waals surface area contributed by atoms with Gasteiger partial charge in [-0.2, -0.15) is 0 Å². The third-order valence-corrected chi connectivity index (χ3v) is 2.67. The first kappa shape index (κ1) is 9.70. The van der Waals surface area contributed by atoms with Crippen LogP contribution in [0, 0.1) is 0 Å². The molecule has 2 aliphatic rings. The van der Waals surface area contributed by atoms with Crippen molar-refractivity contribution in [2.45, 2.75) is 24.0 Å². The minimum Gasteiger partial charge on any atom is -0.393 e. The quantitative estimate of drug-likeness (QED) is 0.388. The van der Waals surface area contributed by atoms with Gasteiger partial charge in [0, 0.05) is 12.0 Å². The molecule has 2 aliphatic heterocycles. The van der Waals surface area contributed by atoms with Gasteiger partial charge in [0.15, 0.2) is 6.29 Å². The minimum atomic E-state index is -0.919. The van der Waals surface area contributed by atoms with Gasteiger partial charge in [-0.25, -0.2) is 0 Å². The number of nitrogens with zero attached hydrogens (tertiary/aromatic N) is 3. The lowest BCUT2D eigenvalue weighted by Gasteiger charge is -2.28. The molecule has 2 rings (SSSR count). The van der Waals surface area contributed by atoms with E-state index in [1.807, 2.05) is 0 Å². The molecule has 0 aliphatic carbocycles. The number of rotatable bonds is 3. The molecule has 0 aromatic rings. The lowest BCUT2D eigenvalue weighted by Crippen LogP contribution is -2.43. The smallest absolute Gasteiger partial charge is 0.184 e. The van der Waals surface area contributed by atoms with Gasteiger partial charge >= 0.3 is 0 Å². The van der Waals surface area contributed by atoms with Gasteiger partial charge in [0.05, 0.1) is 13.2 Å². The normalized spacial score (nSPS) is 45.1. The SMILES string of the molecule is COC1OC2(CO)COC1C2N=[N+]=[N-]. The summed E-state index contributed by atoms with van der Waals surface area (Å²) in [4.78, 5) is 2.72. The van der Waals surface area contributed by atoms with E-state index < -0.39 is 24.0 Å². The van der Waals surface area contributed by atoms with Gasteiger partial charge in [0.1, 0.15) is 17.7 Å². The van der Waals surface area contributed by atoms with Gasteiger partial charge in [0.2, 0.25) is 0 Å². The van der Waals surface area contributed by atoms with Crippen LogP contribution in [0.2, 0.25) is 0 Å². The first-order valence-electron chi connectivity index (χ1n) is 4.25. The highest BCUT2D eigenvalue weighted by molar-refractivity contribution is 5.09. The van der Waals surface area contributed by atoms with Gasteiger partial charge in [-0.15, -0.1) is 0 Å². The van der Waals surface area contributed by atoms with Crippen molar-refractivity contribution in [2.75, 3.05) is 20.3 Å². The summed E-state index contributed by atoms with van der Waals surface area (Å²) in [5.41, 5.74) is 7.46. The highest BCUT2D eigenvalue weighted by Crippen LogP contribution is 2.41. The Balaban J connectivity index is 2.27. The Morgan fingerprint density at radius 2 is 2.57 bits per heavy atom. The van der Waals surface area contributed by atoms with Crippen LogP contribution in [0.3, 0.4) is 0 Å². The molecule has 78 valence electrons. The van der Waals surface area contributed by atoms with E-state index >= 15 is 0 Å².